The van der Waals surface area contributed by atoms with E-state index in [1.165, 1.54) is 0 Å². The second kappa shape index (κ2) is 11.0. The molecule has 158 valence electrons. The van der Waals surface area contributed by atoms with Crippen LogP contribution in [0.1, 0.15) is 60.3 Å². The van der Waals surface area contributed by atoms with Gasteiger partial charge in [-0.3, -0.25) is 24.3 Å². The summed E-state index contributed by atoms with van der Waals surface area (Å²) >= 11 is 0. The minimum Gasteiger partial charge on any atom is -0.481 e. The Kier molecular flexibility index (Phi) is 9.70. The van der Waals surface area contributed by atoms with Gasteiger partial charge in [0.05, 0.1) is 0 Å². The predicted molar refractivity (Wildman–Crippen MR) is 107 cm³/mol. The van der Waals surface area contributed by atoms with Gasteiger partial charge in [0.15, 0.2) is 0 Å². The van der Waals surface area contributed by atoms with E-state index in [9.17, 15) is 9.59 Å². The van der Waals surface area contributed by atoms with Crippen LogP contribution in [0, 0.1) is 0 Å². The summed E-state index contributed by atoms with van der Waals surface area (Å²) in [6.45, 7) is 16.4. The van der Waals surface area contributed by atoms with Crippen LogP contribution >= 0.6 is 0 Å². The van der Waals surface area contributed by atoms with Crippen molar-refractivity contribution in [2.24, 2.45) is 0 Å². The highest BCUT2D eigenvalue weighted by molar-refractivity contribution is 5.66. The molecular formula is C20H39N3O4. The predicted octanol–water partition coefficient (Wildman–Crippen LogP) is 2.21. The number of aliphatic carboxylic acids is 2. The highest BCUT2D eigenvalue weighted by Crippen LogP contribution is 2.25. The van der Waals surface area contributed by atoms with Crippen LogP contribution in [0.4, 0.5) is 0 Å². The summed E-state index contributed by atoms with van der Waals surface area (Å²) in [5.41, 5.74) is -0.0467. The third kappa shape index (κ3) is 7.39. The molecule has 0 saturated carbocycles. The molecule has 2 atom stereocenters. The summed E-state index contributed by atoms with van der Waals surface area (Å²) in [4.78, 5) is 29.3. The Morgan fingerprint density at radius 1 is 0.926 bits per heavy atom. The molecule has 0 aromatic carbocycles. The van der Waals surface area contributed by atoms with Crippen LogP contribution < -0.4 is 0 Å². The summed E-state index contributed by atoms with van der Waals surface area (Å²) < 4.78 is 0. The SMILES string of the molecule is CCN(CC)C1(C)CN(C(C)CCC(=O)O)CCN(C(C)CCC(=O)O)C1. The lowest BCUT2D eigenvalue weighted by molar-refractivity contribution is -0.138. The minimum absolute atomic E-state index is 0.0467. The van der Waals surface area contributed by atoms with E-state index in [1.807, 2.05) is 0 Å². The fraction of sp³-hybridized carbons (Fsp3) is 0.900. The molecule has 1 heterocycles. The van der Waals surface area contributed by atoms with Gasteiger partial charge in [-0.25, -0.2) is 0 Å². The smallest absolute Gasteiger partial charge is 0.303 e. The van der Waals surface area contributed by atoms with E-state index in [-0.39, 0.29) is 30.5 Å². The first-order chi connectivity index (χ1) is 12.6. The number of hydrogen-bond donors (Lipinski definition) is 2. The van der Waals surface area contributed by atoms with Gasteiger partial charge in [0.25, 0.3) is 0 Å². The molecule has 2 N–H and O–H groups in total. The third-order valence-electron chi connectivity index (χ3n) is 6.09. The van der Waals surface area contributed by atoms with Gasteiger partial charge in [0.2, 0.25) is 0 Å². The molecule has 0 spiro atoms. The van der Waals surface area contributed by atoms with Crippen molar-refractivity contribution < 1.29 is 19.8 Å². The highest BCUT2D eigenvalue weighted by Gasteiger charge is 2.38. The maximum atomic E-state index is 11.0. The van der Waals surface area contributed by atoms with E-state index < -0.39 is 11.9 Å². The topological polar surface area (TPSA) is 84.3 Å². The molecule has 0 radical (unpaired) electrons. The monoisotopic (exact) mass is 385 g/mol. The summed E-state index contributed by atoms with van der Waals surface area (Å²) in [6, 6.07) is 0.426. The second-order valence-electron chi connectivity index (χ2n) is 8.17. The zero-order valence-corrected chi connectivity index (χ0v) is 17.8. The Hall–Kier alpha value is -1.18. The fourth-order valence-electron chi connectivity index (χ4n) is 4.31. The molecule has 1 aliphatic heterocycles. The van der Waals surface area contributed by atoms with Crippen LogP contribution in [-0.4, -0.2) is 93.7 Å². The number of hydrogen-bond acceptors (Lipinski definition) is 5. The van der Waals surface area contributed by atoms with Crippen LogP contribution in [0.15, 0.2) is 0 Å². The molecule has 27 heavy (non-hydrogen) atoms. The normalized spacial score (nSPS) is 24.5. The molecule has 0 aliphatic carbocycles. The van der Waals surface area contributed by atoms with Crippen molar-refractivity contribution in [3.05, 3.63) is 0 Å². The zero-order valence-electron chi connectivity index (χ0n) is 17.8. The van der Waals surface area contributed by atoms with Crippen LogP contribution in [0.25, 0.3) is 0 Å². The molecule has 1 saturated heterocycles. The van der Waals surface area contributed by atoms with Gasteiger partial charge in [-0.05, 0) is 46.7 Å². The first-order valence-corrected chi connectivity index (χ1v) is 10.3. The van der Waals surface area contributed by atoms with E-state index >= 15 is 0 Å². The lowest BCUT2D eigenvalue weighted by Gasteiger charge is -2.45. The second-order valence-corrected chi connectivity index (χ2v) is 8.17. The van der Waals surface area contributed by atoms with E-state index in [4.69, 9.17) is 10.2 Å². The standard InChI is InChI=1S/C20H39N3O4/c1-6-23(7-2)20(5)14-21(16(3)8-10-18(24)25)12-13-22(15-20)17(4)9-11-19(26)27/h16-17H,6-15H2,1-5H3,(H,24,25)(H,26,27). The van der Waals surface area contributed by atoms with Crippen LogP contribution in [0.3, 0.4) is 0 Å². The molecule has 7 nitrogen and oxygen atoms in total. The van der Waals surface area contributed by atoms with Gasteiger partial charge in [-0.15, -0.1) is 0 Å². The summed E-state index contributed by atoms with van der Waals surface area (Å²) in [6.07, 6.45) is 1.69. The van der Waals surface area contributed by atoms with Crippen molar-refractivity contribution >= 4 is 11.9 Å². The Bertz CT molecular complexity index is 448. The molecule has 0 aromatic heterocycles. The van der Waals surface area contributed by atoms with Gasteiger partial charge in [-0.2, -0.15) is 0 Å². The average molecular weight is 386 g/mol. The molecule has 0 amide bonds. The molecule has 1 rings (SSSR count). The van der Waals surface area contributed by atoms with E-state index in [1.54, 1.807) is 0 Å². The number of carboxylic acids is 2. The van der Waals surface area contributed by atoms with Gasteiger partial charge in [0, 0.05) is 56.6 Å². The highest BCUT2D eigenvalue weighted by atomic mass is 16.4. The van der Waals surface area contributed by atoms with Crippen LogP contribution in [-0.2, 0) is 9.59 Å². The molecular weight excluding hydrogens is 346 g/mol. The number of likely N-dealkylation sites (N-methyl/N-ethyl adjacent to an activating group) is 1. The molecule has 0 bridgehead atoms. The van der Waals surface area contributed by atoms with Gasteiger partial charge in [0.1, 0.15) is 0 Å². The van der Waals surface area contributed by atoms with Crippen molar-refractivity contribution in [1.29, 1.82) is 0 Å². The van der Waals surface area contributed by atoms with E-state index in [2.05, 4.69) is 49.3 Å². The quantitative estimate of drug-likeness (QED) is 0.564. The molecule has 2 unspecified atom stereocenters. The van der Waals surface area contributed by atoms with E-state index in [0.717, 1.165) is 39.3 Å². The number of nitrogens with zero attached hydrogens (tertiary/aromatic N) is 3. The zero-order chi connectivity index (χ0) is 20.6. The van der Waals surface area contributed by atoms with Crippen LogP contribution in [0.5, 0.6) is 0 Å². The molecule has 1 fully saturated rings. The van der Waals surface area contributed by atoms with Crippen molar-refractivity contribution in [2.75, 3.05) is 39.3 Å². The Balaban J connectivity index is 2.95. The Morgan fingerprint density at radius 3 is 1.59 bits per heavy atom. The van der Waals surface area contributed by atoms with Gasteiger partial charge >= 0.3 is 11.9 Å². The maximum absolute atomic E-state index is 11.0. The molecule has 0 aromatic rings. The summed E-state index contributed by atoms with van der Waals surface area (Å²) in [7, 11) is 0. The first-order valence-electron chi connectivity index (χ1n) is 10.3. The van der Waals surface area contributed by atoms with Gasteiger partial charge in [-0.1, -0.05) is 13.8 Å². The number of carbonyl (C=O) groups is 2. The summed E-state index contributed by atoms with van der Waals surface area (Å²) in [5, 5.41) is 18.0. The number of carboxylic acid groups (broad SMARTS) is 2. The summed E-state index contributed by atoms with van der Waals surface area (Å²) in [5.74, 6) is -1.49. The fourth-order valence-corrected chi connectivity index (χ4v) is 4.31. The average Bonchev–Trinajstić information content (AvgIpc) is 2.78. The number of rotatable bonds is 11. The maximum Gasteiger partial charge on any atom is 0.303 e. The minimum atomic E-state index is -0.743. The van der Waals surface area contributed by atoms with E-state index in [0.29, 0.717) is 12.8 Å². The van der Waals surface area contributed by atoms with Crippen molar-refractivity contribution in [2.45, 2.75) is 77.9 Å². The molecule has 1 aliphatic rings. The van der Waals surface area contributed by atoms with Crippen molar-refractivity contribution in [3.8, 4) is 0 Å². The Morgan fingerprint density at radius 2 is 1.30 bits per heavy atom. The van der Waals surface area contributed by atoms with Gasteiger partial charge < -0.3 is 10.2 Å². The largest absolute Gasteiger partial charge is 0.481 e. The molecule has 7 heteroatoms. The van der Waals surface area contributed by atoms with Crippen molar-refractivity contribution in [3.63, 3.8) is 0 Å². The first kappa shape index (κ1) is 23.9. The Labute approximate surface area is 164 Å². The van der Waals surface area contributed by atoms with Crippen LogP contribution in [0.2, 0.25) is 0 Å². The lowest BCUT2D eigenvalue weighted by Crippen LogP contribution is -2.58. The third-order valence-corrected chi connectivity index (χ3v) is 6.09. The lowest BCUT2D eigenvalue weighted by atomic mass is 9.96. The van der Waals surface area contributed by atoms with Crippen molar-refractivity contribution in [1.82, 2.24) is 14.7 Å².